The molecule has 5 nitrogen and oxygen atoms in total. The molecule has 1 unspecified atom stereocenters. The van der Waals surface area contributed by atoms with Crippen LogP contribution in [-0.2, 0) is 20.7 Å². The average molecular weight is 292 g/mol. The number of rotatable bonds is 1. The van der Waals surface area contributed by atoms with E-state index in [1.807, 2.05) is 24.3 Å². The van der Waals surface area contributed by atoms with Gasteiger partial charge in [0, 0.05) is 7.92 Å². The molecule has 1 atom stereocenters. The molecule has 1 heterocycles. The van der Waals surface area contributed by atoms with Crippen LogP contribution in [0.3, 0.4) is 0 Å². The Morgan fingerprint density at radius 1 is 1.38 bits per heavy atom. The number of hydrogen-bond acceptors (Lipinski definition) is 4. The molecule has 0 aliphatic carbocycles. The van der Waals surface area contributed by atoms with E-state index in [0.29, 0.717) is 6.42 Å². The highest BCUT2D eigenvalue weighted by Crippen LogP contribution is 2.31. The topological polar surface area (TPSA) is 55.8 Å². The molecule has 0 fully saturated rings. The SMILES string of the molecule is [2H]CC(C)(C)OC(=O)N1CC(C(=O)OC)Cc2ccccc21. The number of carbonyl (C=O) groups is 2. The summed E-state index contributed by atoms with van der Waals surface area (Å²) in [5, 5.41) is 0. The zero-order valence-corrected chi connectivity index (χ0v) is 12.6. The Morgan fingerprint density at radius 2 is 2.10 bits per heavy atom. The molecule has 2 rings (SSSR count). The van der Waals surface area contributed by atoms with E-state index in [4.69, 9.17) is 10.8 Å². The third-order valence-electron chi connectivity index (χ3n) is 3.27. The van der Waals surface area contributed by atoms with Crippen LogP contribution in [0, 0.1) is 5.92 Å². The van der Waals surface area contributed by atoms with Crippen LogP contribution in [0.15, 0.2) is 24.3 Å². The summed E-state index contributed by atoms with van der Waals surface area (Å²) in [5.41, 5.74) is 0.780. The summed E-state index contributed by atoms with van der Waals surface area (Å²) in [5.74, 6) is -0.751. The Bertz CT molecular complexity index is 573. The average Bonchev–Trinajstić information content (AvgIpc) is 2.52. The van der Waals surface area contributed by atoms with Crippen molar-refractivity contribution in [3.05, 3.63) is 29.8 Å². The Morgan fingerprint density at radius 3 is 2.76 bits per heavy atom. The number of carbonyl (C=O) groups excluding carboxylic acids is 2. The van der Waals surface area contributed by atoms with E-state index in [0.717, 1.165) is 11.3 Å². The van der Waals surface area contributed by atoms with Crippen LogP contribution in [0.2, 0.25) is 0 Å². The number of methoxy groups -OCH3 is 1. The van der Waals surface area contributed by atoms with Gasteiger partial charge in [-0.25, -0.2) is 4.79 Å². The van der Waals surface area contributed by atoms with Gasteiger partial charge in [-0.1, -0.05) is 18.2 Å². The first-order valence-electron chi connectivity index (χ1n) is 7.54. The smallest absolute Gasteiger partial charge is 0.414 e. The summed E-state index contributed by atoms with van der Waals surface area (Å²) in [4.78, 5) is 25.8. The van der Waals surface area contributed by atoms with Crippen molar-refractivity contribution < 1.29 is 20.4 Å². The monoisotopic (exact) mass is 292 g/mol. The summed E-state index contributed by atoms with van der Waals surface area (Å²) in [6.45, 7) is 3.56. The summed E-state index contributed by atoms with van der Waals surface area (Å²) in [7, 11) is 1.34. The third kappa shape index (κ3) is 3.54. The molecule has 5 heteroatoms. The van der Waals surface area contributed by atoms with Gasteiger partial charge in [-0.3, -0.25) is 9.69 Å². The quantitative estimate of drug-likeness (QED) is 0.747. The summed E-state index contributed by atoms with van der Waals surface area (Å²) in [6.07, 6.45) is -0.00706. The van der Waals surface area contributed by atoms with Gasteiger partial charge in [-0.15, -0.1) is 0 Å². The summed E-state index contributed by atoms with van der Waals surface area (Å²) in [6, 6.07) is 7.43. The van der Waals surface area contributed by atoms with Gasteiger partial charge in [-0.05, 0) is 38.8 Å². The van der Waals surface area contributed by atoms with E-state index in [9.17, 15) is 9.59 Å². The van der Waals surface area contributed by atoms with Crippen molar-refractivity contribution in [3.8, 4) is 0 Å². The zero-order valence-electron chi connectivity index (χ0n) is 13.6. The number of amides is 1. The number of ether oxygens (including phenoxy) is 2. The lowest BCUT2D eigenvalue weighted by Crippen LogP contribution is -2.45. The predicted molar refractivity (Wildman–Crippen MR) is 79.2 cm³/mol. The largest absolute Gasteiger partial charge is 0.469 e. The number of para-hydroxylation sites is 1. The molecule has 1 aliphatic heterocycles. The molecule has 1 aliphatic rings. The highest BCUT2D eigenvalue weighted by molar-refractivity contribution is 5.91. The van der Waals surface area contributed by atoms with Crippen molar-refractivity contribution in [1.29, 1.82) is 0 Å². The fourth-order valence-electron chi connectivity index (χ4n) is 2.38. The molecule has 114 valence electrons. The Balaban J connectivity index is 2.28. The maximum absolute atomic E-state index is 12.5. The van der Waals surface area contributed by atoms with Crippen LogP contribution in [-0.4, -0.2) is 31.3 Å². The van der Waals surface area contributed by atoms with Gasteiger partial charge in [0.05, 0.1) is 18.7 Å². The number of anilines is 1. The molecule has 21 heavy (non-hydrogen) atoms. The molecule has 0 saturated heterocycles. The maximum Gasteiger partial charge on any atom is 0.414 e. The van der Waals surface area contributed by atoms with Gasteiger partial charge >= 0.3 is 12.1 Å². The Labute approximate surface area is 126 Å². The number of fused-ring (bicyclic) bond motifs is 1. The minimum Gasteiger partial charge on any atom is -0.469 e. The van der Waals surface area contributed by atoms with Crippen molar-refractivity contribution in [1.82, 2.24) is 0 Å². The van der Waals surface area contributed by atoms with E-state index in [1.165, 1.54) is 12.0 Å². The molecule has 1 aromatic rings. The molecule has 0 bridgehead atoms. The summed E-state index contributed by atoms with van der Waals surface area (Å²) < 4.78 is 17.6. The van der Waals surface area contributed by atoms with Gasteiger partial charge in [0.25, 0.3) is 0 Å². The fourth-order valence-corrected chi connectivity index (χ4v) is 2.38. The first kappa shape index (κ1) is 13.9. The molecule has 0 N–H and O–H groups in total. The number of esters is 1. The van der Waals surface area contributed by atoms with E-state index in [2.05, 4.69) is 0 Å². The lowest BCUT2D eigenvalue weighted by Gasteiger charge is -2.34. The van der Waals surface area contributed by atoms with E-state index < -0.39 is 17.6 Å². The second-order valence-corrected chi connectivity index (χ2v) is 5.79. The standard InChI is InChI=1S/C16H21NO4/c1-16(2,3)21-15(19)17-10-12(14(18)20-4)9-11-7-5-6-8-13(11)17/h5-8,12H,9-10H2,1-4H3/i1D. The van der Waals surface area contributed by atoms with Gasteiger partial charge in [-0.2, -0.15) is 0 Å². The van der Waals surface area contributed by atoms with Crippen molar-refractivity contribution in [2.45, 2.75) is 32.8 Å². The summed E-state index contributed by atoms with van der Waals surface area (Å²) >= 11 is 0. The highest BCUT2D eigenvalue weighted by atomic mass is 16.6. The van der Waals surface area contributed by atoms with Gasteiger partial charge in [0.2, 0.25) is 0 Å². The normalized spacial score (nSPS) is 18.5. The van der Waals surface area contributed by atoms with Crippen LogP contribution in [0.4, 0.5) is 10.5 Å². The molecular formula is C16H21NO4. The van der Waals surface area contributed by atoms with Crippen molar-refractivity contribution >= 4 is 17.7 Å². The second-order valence-electron chi connectivity index (χ2n) is 5.79. The lowest BCUT2D eigenvalue weighted by atomic mass is 9.93. The van der Waals surface area contributed by atoms with E-state index in [-0.39, 0.29) is 19.4 Å². The van der Waals surface area contributed by atoms with Crippen LogP contribution < -0.4 is 4.90 Å². The van der Waals surface area contributed by atoms with Crippen molar-refractivity contribution in [2.75, 3.05) is 18.6 Å². The molecule has 1 amide bonds. The van der Waals surface area contributed by atoms with Gasteiger partial charge in [0.15, 0.2) is 0 Å². The maximum atomic E-state index is 12.5. The zero-order chi connectivity index (χ0) is 16.3. The highest BCUT2D eigenvalue weighted by Gasteiger charge is 2.34. The number of nitrogens with zero attached hydrogens (tertiary/aromatic N) is 1. The molecule has 1 aromatic carbocycles. The Hall–Kier alpha value is -2.04. The minimum atomic E-state index is -0.871. The molecular weight excluding hydrogens is 270 g/mol. The first-order valence-corrected chi connectivity index (χ1v) is 6.83. The first-order chi connectivity index (χ1) is 10.4. The van der Waals surface area contributed by atoms with Crippen LogP contribution in [0.25, 0.3) is 0 Å². The predicted octanol–water partition coefficient (Wildman–Crippen LogP) is 2.77. The van der Waals surface area contributed by atoms with Crippen molar-refractivity contribution in [3.63, 3.8) is 0 Å². The molecule has 0 radical (unpaired) electrons. The van der Waals surface area contributed by atoms with Crippen molar-refractivity contribution in [2.24, 2.45) is 5.92 Å². The molecule has 0 spiro atoms. The molecule has 0 saturated carbocycles. The Kier molecular flexibility index (Phi) is 3.82. The second kappa shape index (κ2) is 5.76. The van der Waals surface area contributed by atoms with Gasteiger partial charge in [0.1, 0.15) is 5.60 Å². The number of benzene rings is 1. The van der Waals surface area contributed by atoms with E-state index in [1.54, 1.807) is 13.8 Å². The van der Waals surface area contributed by atoms with Crippen LogP contribution in [0.5, 0.6) is 0 Å². The molecule has 0 aromatic heterocycles. The van der Waals surface area contributed by atoms with E-state index >= 15 is 0 Å². The van der Waals surface area contributed by atoms with Gasteiger partial charge < -0.3 is 9.47 Å². The fraction of sp³-hybridized carbons (Fsp3) is 0.500. The lowest BCUT2D eigenvalue weighted by molar-refractivity contribution is -0.145. The third-order valence-corrected chi connectivity index (χ3v) is 3.27. The number of hydrogen-bond donors (Lipinski definition) is 0. The minimum absolute atomic E-state index is 0.0331. The van der Waals surface area contributed by atoms with Crippen LogP contribution in [0.1, 0.15) is 27.7 Å². The van der Waals surface area contributed by atoms with Crippen LogP contribution >= 0.6 is 0 Å².